The third kappa shape index (κ3) is 0.666. The van der Waals surface area contributed by atoms with Crippen LogP contribution in [0.25, 0.3) is 0 Å². The Morgan fingerprint density at radius 1 is 1.13 bits per heavy atom. The van der Waals surface area contributed by atoms with Crippen molar-refractivity contribution in [3.8, 4) is 0 Å². The molecule has 0 N–H and O–H groups in total. The third-order valence-corrected chi connectivity index (χ3v) is 7.53. The van der Waals surface area contributed by atoms with E-state index in [4.69, 9.17) is 0 Å². The second-order valence-electron chi connectivity index (χ2n) is 7.09. The Balaban J connectivity index is 2.01. The Hall–Kier alpha value is 0. The van der Waals surface area contributed by atoms with Gasteiger partial charge in [-0.05, 0) is 53.3 Å². The molecular weight excluding hydrogens is 180 g/mol. The second kappa shape index (κ2) is 2.46. The van der Waals surface area contributed by atoms with Crippen LogP contribution >= 0.6 is 0 Å². The fourth-order valence-electron chi connectivity index (χ4n) is 6.54. The first-order valence-corrected chi connectivity index (χ1v) is 6.98. The third-order valence-electron chi connectivity index (χ3n) is 7.53. The minimum absolute atomic E-state index is 0.670. The maximum atomic E-state index is 2.59. The summed E-state index contributed by atoms with van der Waals surface area (Å²) in [5.41, 5.74) is 2.14. The van der Waals surface area contributed by atoms with E-state index in [0.717, 1.165) is 23.2 Å². The highest BCUT2D eigenvalue weighted by molar-refractivity contribution is 5.32. The van der Waals surface area contributed by atoms with E-state index in [1.165, 1.54) is 19.3 Å². The van der Waals surface area contributed by atoms with E-state index in [2.05, 4.69) is 34.6 Å². The molecule has 3 aliphatic carbocycles. The fourth-order valence-corrected chi connectivity index (χ4v) is 6.54. The molecule has 0 aromatic rings. The lowest BCUT2D eigenvalue weighted by Gasteiger charge is -2.89. The van der Waals surface area contributed by atoms with Crippen LogP contribution in [-0.2, 0) is 0 Å². The van der Waals surface area contributed by atoms with Gasteiger partial charge in [-0.25, -0.2) is 0 Å². The van der Waals surface area contributed by atoms with Crippen molar-refractivity contribution < 1.29 is 0 Å². The van der Waals surface area contributed by atoms with Gasteiger partial charge in [0.05, 0.1) is 0 Å². The summed E-state index contributed by atoms with van der Waals surface area (Å²) in [7, 11) is 0. The van der Waals surface area contributed by atoms with Crippen molar-refractivity contribution in [1.82, 2.24) is 0 Å². The summed E-state index contributed by atoms with van der Waals surface area (Å²) >= 11 is 0. The zero-order valence-corrected chi connectivity index (χ0v) is 11.1. The van der Waals surface area contributed by atoms with Crippen molar-refractivity contribution in [3.63, 3.8) is 0 Å². The lowest BCUT2D eigenvalue weighted by molar-refractivity contribution is -0.417. The molecule has 0 aromatic carbocycles. The number of hydrogen-bond donors (Lipinski definition) is 0. The minimum Gasteiger partial charge on any atom is -0.0648 e. The zero-order chi connectivity index (χ0) is 11.1. The average Bonchev–Trinajstić information content (AvgIpc) is 2.22. The first-order valence-electron chi connectivity index (χ1n) is 6.98. The zero-order valence-electron chi connectivity index (χ0n) is 11.1. The molecule has 6 atom stereocenters. The summed E-state index contributed by atoms with van der Waals surface area (Å²) in [5, 5.41) is 0. The van der Waals surface area contributed by atoms with Crippen LogP contribution in [-0.4, -0.2) is 0 Å². The van der Waals surface area contributed by atoms with Crippen LogP contribution in [0.2, 0.25) is 0 Å². The molecule has 15 heavy (non-hydrogen) atoms. The van der Waals surface area contributed by atoms with Gasteiger partial charge < -0.3 is 0 Å². The fraction of sp³-hybridized carbons (Fsp3) is 1.00. The van der Waals surface area contributed by atoms with Crippen molar-refractivity contribution in [2.75, 3.05) is 0 Å². The molecule has 6 unspecified atom stereocenters. The van der Waals surface area contributed by atoms with Gasteiger partial charge in [0, 0.05) is 0 Å². The smallest absolute Gasteiger partial charge is 0.0128 e. The molecule has 3 rings (SSSR count). The topological polar surface area (TPSA) is 0 Å². The van der Waals surface area contributed by atoms with E-state index in [1.807, 2.05) is 0 Å². The van der Waals surface area contributed by atoms with Crippen LogP contribution in [0.1, 0.15) is 60.3 Å². The molecule has 0 radical (unpaired) electrons. The van der Waals surface area contributed by atoms with Gasteiger partial charge in [-0.2, -0.15) is 0 Å². The van der Waals surface area contributed by atoms with Gasteiger partial charge in [-0.1, -0.05) is 41.0 Å². The van der Waals surface area contributed by atoms with Gasteiger partial charge in [0.2, 0.25) is 0 Å². The number of hydrogen-bond acceptors (Lipinski definition) is 0. The lowest BCUT2D eigenvalue weighted by atomic mass is 9.15. The molecule has 0 amide bonds. The van der Waals surface area contributed by atoms with E-state index in [-0.39, 0.29) is 0 Å². The molecule has 0 saturated heterocycles. The largest absolute Gasteiger partial charge is 0.0648 e. The summed E-state index contributed by atoms with van der Waals surface area (Å²) in [4.78, 5) is 0. The summed E-state index contributed by atoms with van der Waals surface area (Å²) in [6, 6.07) is 0. The van der Waals surface area contributed by atoms with Gasteiger partial charge in [0.1, 0.15) is 0 Å². The van der Waals surface area contributed by atoms with Crippen LogP contribution in [0.3, 0.4) is 0 Å². The predicted molar refractivity (Wildman–Crippen MR) is 64.6 cm³/mol. The normalized spacial score (nSPS) is 65.8. The van der Waals surface area contributed by atoms with Crippen molar-refractivity contribution in [1.29, 1.82) is 0 Å². The standard InChI is InChI=1S/C15H26/c1-6-13(4)9-11-8-12-10(3)14(5,7-2)15(11,12)13/h10-12H,6-9H2,1-5H3. The quantitative estimate of drug-likeness (QED) is 0.624. The van der Waals surface area contributed by atoms with Gasteiger partial charge in [0.25, 0.3) is 0 Å². The average molecular weight is 206 g/mol. The second-order valence-corrected chi connectivity index (χ2v) is 7.09. The Kier molecular flexibility index (Phi) is 1.67. The predicted octanol–water partition coefficient (Wildman–Crippen LogP) is 4.49. The lowest BCUT2D eigenvalue weighted by Crippen LogP contribution is -2.84. The molecule has 3 aliphatic rings. The first-order chi connectivity index (χ1) is 6.98. The van der Waals surface area contributed by atoms with E-state index in [0.29, 0.717) is 10.8 Å². The van der Waals surface area contributed by atoms with E-state index in [9.17, 15) is 0 Å². The molecule has 0 nitrogen and oxygen atoms in total. The molecular formula is C15H26. The van der Waals surface area contributed by atoms with Crippen LogP contribution in [0, 0.1) is 34.0 Å². The Bertz CT molecular complexity index is 307. The highest BCUT2D eigenvalue weighted by atomic mass is 14.9. The van der Waals surface area contributed by atoms with Gasteiger partial charge in [-0.3, -0.25) is 0 Å². The highest BCUT2D eigenvalue weighted by Gasteiger charge is 2.84. The maximum absolute atomic E-state index is 2.59. The van der Waals surface area contributed by atoms with E-state index < -0.39 is 0 Å². The molecule has 86 valence electrons. The molecule has 0 aromatic heterocycles. The Morgan fingerprint density at radius 2 is 1.80 bits per heavy atom. The molecule has 0 aliphatic heterocycles. The Labute approximate surface area is 94.8 Å². The number of rotatable bonds is 2. The molecule has 0 heteroatoms. The van der Waals surface area contributed by atoms with Crippen molar-refractivity contribution in [3.05, 3.63) is 0 Å². The van der Waals surface area contributed by atoms with E-state index in [1.54, 1.807) is 6.42 Å². The summed E-state index contributed by atoms with van der Waals surface area (Å²) in [6.45, 7) is 12.5. The molecule has 3 saturated carbocycles. The molecule has 0 heterocycles. The molecule has 1 spiro atoms. The van der Waals surface area contributed by atoms with Crippen molar-refractivity contribution in [2.24, 2.45) is 34.0 Å². The van der Waals surface area contributed by atoms with Gasteiger partial charge in [0.15, 0.2) is 0 Å². The Morgan fingerprint density at radius 3 is 2.27 bits per heavy atom. The van der Waals surface area contributed by atoms with Crippen molar-refractivity contribution in [2.45, 2.75) is 60.3 Å². The maximum Gasteiger partial charge on any atom is -0.0128 e. The summed E-state index contributed by atoms with van der Waals surface area (Å²) in [6.07, 6.45) is 5.90. The summed E-state index contributed by atoms with van der Waals surface area (Å²) in [5.74, 6) is 3.18. The van der Waals surface area contributed by atoms with Gasteiger partial charge in [-0.15, -0.1) is 0 Å². The van der Waals surface area contributed by atoms with Crippen LogP contribution in [0.5, 0.6) is 0 Å². The van der Waals surface area contributed by atoms with Crippen LogP contribution in [0.4, 0.5) is 0 Å². The first kappa shape index (κ1) is 10.2. The van der Waals surface area contributed by atoms with Crippen LogP contribution < -0.4 is 0 Å². The molecule has 0 bridgehead atoms. The van der Waals surface area contributed by atoms with E-state index >= 15 is 0 Å². The molecule has 3 fully saturated rings. The highest BCUT2D eigenvalue weighted by Crippen LogP contribution is 2.90. The van der Waals surface area contributed by atoms with Gasteiger partial charge >= 0.3 is 0 Å². The van der Waals surface area contributed by atoms with Crippen LogP contribution in [0.15, 0.2) is 0 Å². The monoisotopic (exact) mass is 206 g/mol. The minimum atomic E-state index is 0.670. The SMILES string of the molecule is CCC1(C)CC2CC3C(C)C(C)(CC)C231. The summed E-state index contributed by atoms with van der Waals surface area (Å²) < 4.78 is 0. The van der Waals surface area contributed by atoms with Crippen molar-refractivity contribution >= 4 is 0 Å².